The zero-order chi connectivity index (χ0) is 22.4. The molecular weight excluding hydrogens is 413 g/mol. The lowest BCUT2D eigenvalue weighted by molar-refractivity contribution is 0.0694. The van der Waals surface area contributed by atoms with E-state index in [4.69, 9.17) is 20.5 Å². The predicted octanol–water partition coefficient (Wildman–Crippen LogP) is 0.977. The fraction of sp³-hybridized carbons (Fsp3) is 0.368. The van der Waals surface area contributed by atoms with Crippen molar-refractivity contribution in [2.45, 2.75) is 13.0 Å². The van der Waals surface area contributed by atoms with Crippen LogP contribution in [-0.4, -0.2) is 59.2 Å². The molecule has 4 rings (SSSR count). The Morgan fingerprint density at radius 3 is 2.84 bits per heavy atom. The maximum atomic E-state index is 15.3. The van der Waals surface area contributed by atoms with Gasteiger partial charge in [0.1, 0.15) is 30.8 Å². The van der Waals surface area contributed by atoms with Crippen LogP contribution in [0.15, 0.2) is 27.4 Å². The number of carboxylic acid groups (broad SMARTS) is 1. The molecule has 1 unspecified atom stereocenters. The normalized spacial score (nSPS) is 22.1. The third kappa shape index (κ3) is 3.10. The van der Waals surface area contributed by atoms with Crippen molar-refractivity contribution >= 4 is 34.1 Å². The van der Waals surface area contributed by atoms with Gasteiger partial charge in [0.15, 0.2) is 11.6 Å². The van der Waals surface area contributed by atoms with E-state index < -0.39 is 28.7 Å². The lowest BCUT2D eigenvalue weighted by Crippen LogP contribution is -2.31. The summed E-state index contributed by atoms with van der Waals surface area (Å²) in [6.45, 7) is 2.19. The highest BCUT2D eigenvalue weighted by atomic mass is 19.1. The van der Waals surface area contributed by atoms with Crippen LogP contribution in [0.4, 0.5) is 10.1 Å². The summed E-state index contributed by atoms with van der Waals surface area (Å²) < 4.78 is 22.8. The van der Waals surface area contributed by atoms with E-state index in [1.165, 1.54) is 13.3 Å². The van der Waals surface area contributed by atoms with Gasteiger partial charge in [-0.05, 0) is 13.0 Å². The molecule has 0 amide bonds. The minimum atomic E-state index is -1.39. The molecule has 0 spiro atoms. The van der Waals surface area contributed by atoms with Crippen LogP contribution >= 0.6 is 0 Å². The number of aromatic nitrogens is 1. The molecule has 1 fully saturated rings. The summed E-state index contributed by atoms with van der Waals surface area (Å²) >= 11 is 0. The minimum Gasteiger partial charge on any atom is -0.487 e. The van der Waals surface area contributed by atoms with Gasteiger partial charge in [-0.1, -0.05) is 10.3 Å². The summed E-state index contributed by atoms with van der Waals surface area (Å²) in [6, 6.07) is 0.742. The average Bonchev–Trinajstić information content (AvgIpc) is 3.14. The number of hydrogen-bond donors (Lipinski definition) is 3. The lowest BCUT2D eigenvalue weighted by atomic mass is 10.1. The highest BCUT2D eigenvalue weighted by Crippen LogP contribution is 2.43. The highest BCUT2D eigenvalue weighted by Gasteiger charge is 2.38. The third-order valence-electron chi connectivity index (χ3n) is 5.53. The van der Waals surface area contributed by atoms with E-state index in [0.717, 1.165) is 6.07 Å². The topological polar surface area (TPSA) is 152 Å². The first-order chi connectivity index (χ1) is 14.8. The van der Waals surface area contributed by atoms with Gasteiger partial charge in [0.05, 0.1) is 35.1 Å². The zero-order valence-electron chi connectivity index (χ0n) is 16.7. The molecule has 31 heavy (non-hydrogen) atoms. The average molecular weight is 433 g/mol. The molecule has 2 aliphatic heterocycles. The van der Waals surface area contributed by atoms with Crippen molar-refractivity contribution in [2.24, 2.45) is 22.0 Å². The van der Waals surface area contributed by atoms with Gasteiger partial charge < -0.3 is 35.1 Å². The van der Waals surface area contributed by atoms with Gasteiger partial charge >= 0.3 is 5.97 Å². The second-order valence-corrected chi connectivity index (χ2v) is 7.40. The predicted molar refractivity (Wildman–Crippen MR) is 109 cm³/mol. The van der Waals surface area contributed by atoms with E-state index in [1.54, 1.807) is 16.4 Å². The van der Waals surface area contributed by atoms with Crippen LogP contribution in [0.1, 0.15) is 23.3 Å². The summed E-state index contributed by atoms with van der Waals surface area (Å²) in [5, 5.41) is 25.3. The fourth-order valence-electron chi connectivity index (χ4n) is 4.07. The Morgan fingerprint density at radius 2 is 2.19 bits per heavy atom. The number of pyridine rings is 1. The number of halogens is 1. The Bertz CT molecular complexity index is 1210. The number of rotatable bonds is 4. The smallest absolute Gasteiger partial charge is 0.341 e. The summed E-state index contributed by atoms with van der Waals surface area (Å²) in [5.41, 5.74) is 5.34. The molecule has 1 saturated heterocycles. The Hall–Kier alpha value is -3.83. The van der Waals surface area contributed by atoms with Gasteiger partial charge in [-0.3, -0.25) is 4.79 Å². The number of carboxylic acids is 1. The molecule has 1 aromatic heterocycles. The number of nitrogens with two attached hydrogens (primary N) is 1. The van der Waals surface area contributed by atoms with Crippen molar-refractivity contribution in [3.63, 3.8) is 0 Å². The molecule has 2 atom stereocenters. The molecule has 164 valence electrons. The van der Waals surface area contributed by atoms with E-state index >= 15 is 4.39 Å². The molecule has 0 aliphatic carbocycles. The van der Waals surface area contributed by atoms with E-state index in [-0.39, 0.29) is 48.4 Å². The number of amidine groups is 1. The molecule has 4 N–H and O–H groups in total. The van der Waals surface area contributed by atoms with Crippen molar-refractivity contribution in [3.05, 3.63) is 33.9 Å². The van der Waals surface area contributed by atoms with Crippen molar-refractivity contribution < 1.29 is 29.1 Å². The SMILES string of the molecule is CO/N=C1\CN(c2c(F)cc3c(=O)c(C(=O)O)cn4c3c2OC[C@@H]4C)CC1/C(N)=N\O. The molecule has 0 bridgehead atoms. The van der Waals surface area contributed by atoms with Crippen molar-refractivity contribution in [3.8, 4) is 5.75 Å². The number of nitrogens with zero attached hydrogens (tertiary/aromatic N) is 4. The number of carbonyl (C=O) groups is 1. The van der Waals surface area contributed by atoms with Crippen LogP contribution in [0.5, 0.6) is 5.75 Å². The molecule has 0 radical (unpaired) electrons. The van der Waals surface area contributed by atoms with Gasteiger partial charge in [0.25, 0.3) is 0 Å². The molecule has 3 heterocycles. The monoisotopic (exact) mass is 433 g/mol. The van der Waals surface area contributed by atoms with Gasteiger partial charge in [0, 0.05) is 12.7 Å². The van der Waals surface area contributed by atoms with Crippen LogP contribution < -0.4 is 20.8 Å². The quantitative estimate of drug-likeness (QED) is 0.279. The zero-order valence-corrected chi connectivity index (χ0v) is 16.7. The Kier molecular flexibility index (Phi) is 4.91. The highest BCUT2D eigenvalue weighted by molar-refractivity contribution is 6.10. The number of ether oxygens (including phenoxy) is 1. The largest absolute Gasteiger partial charge is 0.487 e. The standard InChI is InChI=1S/C19H20FN5O6/c1-8-7-31-17-14-9(16(26)11(19(27)28)5-25(8)14)3-12(20)15(17)24-4-10(18(21)22-29)13(6-24)23-30-2/h3,5,8,10,29H,4,6-7H2,1-2H3,(H2,21,22)(H,27,28)/b23-13+/t8-,10?/m0/s1. The Morgan fingerprint density at radius 1 is 1.45 bits per heavy atom. The number of oxime groups is 2. The molecule has 2 aromatic rings. The first kappa shape index (κ1) is 20.4. The first-order valence-corrected chi connectivity index (χ1v) is 9.38. The fourth-order valence-corrected chi connectivity index (χ4v) is 4.07. The van der Waals surface area contributed by atoms with Crippen molar-refractivity contribution in [1.29, 1.82) is 0 Å². The third-order valence-corrected chi connectivity index (χ3v) is 5.53. The molecule has 1 aromatic carbocycles. The van der Waals surface area contributed by atoms with E-state index in [1.807, 2.05) is 0 Å². The molecule has 0 saturated carbocycles. The number of benzene rings is 1. The number of anilines is 1. The summed E-state index contributed by atoms with van der Waals surface area (Å²) in [4.78, 5) is 30.6. The Balaban J connectivity index is 1.95. The molecular formula is C19H20FN5O6. The second-order valence-electron chi connectivity index (χ2n) is 7.40. The lowest BCUT2D eigenvalue weighted by Gasteiger charge is -2.31. The Labute approximate surface area is 174 Å². The molecule has 2 aliphatic rings. The van der Waals surface area contributed by atoms with E-state index in [9.17, 15) is 14.7 Å². The summed E-state index contributed by atoms with van der Waals surface area (Å²) in [6.07, 6.45) is 1.26. The minimum absolute atomic E-state index is 0.0765. The van der Waals surface area contributed by atoms with Crippen LogP contribution in [0.25, 0.3) is 10.9 Å². The molecule has 11 nitrogen and oxygen atoms in total. The summed E-state index contributed by atoms with van der Waals surface area (Å²) in [7, 11) is 1.35. The van der Waals surface area contributed by atoms with Crippen LogP contribution in [0.2, 0.25) is 0 Å². The van der Waals surface area contributed by atoms with Crippen molar-refractivity contribution in [2.75, 3.05) is 31.7 Å². The first-order valence-electron chi connectivity index (χ1n) is 9.38. The maximum absolute atomic E-state index is 15.3. The number of aromatic carboxylic acids is 1. The summed E-state index contributed by atoms with van der Waals surface area (Å²) in [5.74, 6) is -2.75. The van der Waals surface area contributed by atoms with Crippen LogP contribution in [0.3, 0.4) is 0 Å². The number of hydrogen-bond acceptors (Lipinski definition) is 8. The second kappa shape index (κ2) is 7.45. The van der Waals surface area contributed by atoms with E-state index in [0.29, 0.717) is 11.2 Å². The van der Waals surface area contributed by atoms with Gasteiger partial charge in [-0.15, -0.1) is 0 Å². The van der Waals surface area contributed by atoms with Gasteiger partial charge in [-0.25, -0.2) is 9.18 Å². The maximum Gasteiger partial charge on any atom is 0.341 e. The van der Waals surface area contributed by atoms with Crippen LogP contribution in [0, 0.1) is 11.7 Å². The van der Waals surface area contributed by atoms with Crippen LogP contribution in [-0.2, 0) is 4.84 Å². The van der Waals surface area contributed by atoms with E-state index in [2.05, 4.69) is 10.3 Å². The van der Waals surface area contributed by atoms with Gasteiger partial charge in [-0.2, -0.15) is 0 Å². The van der Waals surface area contributed by atoms with Gasteiger partial charge in [0.2, 0.25) is 5.43 Å². The van der Waals surface area contributed by atoms with Crippen molar-refractivity contribution in [1.82, 2.24) is 4.57 Å². The molecule has 12 heteroatoms.